The van der Waals surface area contributed by atoms with Crippen LogP contribution >= 0.6 is 0 Å². The van der Waals surface area contributed by atoms with E-state index in [0.717, 1.165) is 0 Å². The molecule has 0 aromatic carbocycles. The largest absolute Gasteiger partial charge is 0.480 e. The lowest BCUT2D eigenvalue weighted by atomic mass is 10.2. The molecule has 0 bridgehead atoms. The van der Waals surface area contributed by atoms with E-state index in [0.29, 0.717) is 29.9 Å². The predicted octanol–water partition coefficient (Wildman–Crippen LogP) is 3.07. The normalized spacial score (nSPS) is 22.5. The highest BCUT2D eigenvalue weighted by Gasteiger charge is 2.41. The number of aliphatic hydroxyl groups excluding tert-OH is 1. The zero-order valence-electron chi connectivity index (χ0n) is 18.7. The first kappa shape index (κ1) is 22.7. The van der Waals surface area contributed by atoms with E-state index < -0.39 is 26.8 Å². The van der Waals surface area contributed by atoms with Crippen LogP contribution in [0.25, 0.3) is 11.0 Å². The number of anilines is 1. The zero-order chi connectivity index (χ0) is 22.3. The summed E-state index contributed by atoms with van der Waals surface area (Å²) >= 11 is 0. The van der Waals surface area contributed by atoms with Gasteiger partial charge in [0.1, 0.15) is 12.3 Å². The van der Waals surface area contributed by atoms with Gasteiger partial charge in [-0.3, -0.25) is 10.1 Å². The van der Waals surface area contributed by atoms with Crippen LogP contribution in [0.5, 0.6) is 5.88 Å². The summed E-state index contributed by atoms with van der Waals surface area (Å²) < 4.78 is 19.6. The number of aromatic nitrogens is 3. The molecular formula is C20H32N4O5Si. The maximum atomic E-state index is 11.4. The van der Waals surface area contributed by atoms with Gasteiger partial charge in [-0.15, -0.1) is 0 Å². The molecule has 0 aliphatic carbocycles. The Labute approximate surface area is 177 Å². The molecular weight excluding hydrogens is 404 g/mol. The summed E-state index contributed by atoms with van der Waals surface area (Å²) in [4.78, 5) is 20.1. The number of ether oxygens (including phenoxy) is 2. The van der Waals surface area contributed by atoms with E-state index in [9.17, 15) is 9.90 Å². The van der Waals surface area contributed by atoms with Crippen LogP contribution in [-0.4, -0.2) is 59.8 Å². The summed E-state index contributed by atoms with van der Waals surface area (Å²) in [6.45, 7) is 12.6. The fraction of sp³-hybridized carbons (Fsp3) is 0.650. The van der Waals surface area contributed by atoms with E-state index in [4.69, 9.17) is 13.9 Å². The van der Waals surface area contributed by atoms with Crippen LogP contribution < -0.4 is 10.1 Å². The monoisotopic (exact) mass is 436 g/mol. The zero-order valence-corrected chi connectivity index (χ0v) is 19.7. The molecule has 2 aromatic rings. The molecule has 166 valence electrons. The Morgan fingerprint density at radius 3 is 2.70 bits per heavy atom. The first-order valence-corrected chi connectivity index (χ1v) is 13.0. The maximum absolute atomic E-state index is 11.4. The number of nitrogens with one attached hydrogen (secondary N) is 1. The Bertz CT molecular complexity index is 924. The van der Waals surface area contributed by atoms with Crippen molar-refractivity contribution in [2.24, 2.45) is 0 Å². The summed E-state index contributed by atoms with van der Waals surface area (Å²) in [6, 6.07) is 1.83. The first-order chi connectivity index (χ1) is 13.9. The van der Waals surface area contributed by atoms with Gasteiger partial charge in [-0.1, -0.05) is 20.8 Å². The van der Waals surface area contributed by atoms with Crippen LogP contribution in [0.4, 0.5) is 5.95 Å². The number of aliphatic hydroxyl groups is 1. The molecule has 10 heteroatoms. The number of hydrogen-bond donors (Lipinski definition) is 2. The van der Waals surface area contributed by atoms with Crippen molar-refractivity contribution in [1.82, 2.24) is 14.5 Å². The van der Waals surface area contributed by atoms with Crippen molar-refractivity contribution in [2.75, 3.05) is 19.0 Å². The lowest BCUT2D eigenvalue weighted by Gasteiger charge is -2.37. The molecule has 3 atom stereocenters. The van der Waals surface area contributed by atoms with Crippen LogP contribution in [0.3, 0.4) is 0 Å². The smallest absolute Gasteiger partial charge is 0.234 e. The van der Waals surface area contributed by atoms with Gasteiger partial charge in [0, 0.05) is 19.5 Å². The van der Waals surface area contributed by atoms with Gasteiger partial charge in [-0.25, -0.2) is 0 Å². The molecule has 30 heavy (non-hydrogen) atoms. The number of hydrogen-bond acceptors (Lipinski definition) is 7. The highest BCUT2D eigenvalue weighted by atomic mass is 28.4. The van der Waals surface area contributed by atoms with Crippen LogP contribution in [0, 0.1) is 0 Å². The average molecular weight is 437 g/mol. The number of methoxy groups -OCH3 is 1. The van der Waals surface area contributed by atoms with Crippen molar-refractivity contribution in [3.63, 3.8) is 0 Å². The fourth-order valence-corrected chi connectivity index (χ4v) is 4.16. The first-order valence-electron chi connectivity index (χ1n) is 10.1. The van der Waals surface area contributed by atoms with Crippen LogP contribution in [0.15, 0.2) is 12.3 Å². The van der Waals surface area contributed by atoms with Gasteiger partial charge in [0.15, 0.2) is 14.0 Å². The van der Waals surface area contributed by atoms with Gasteiger partial charge in [0.2, 0.25) is 17.7 Å². The van der Waals surface area contributed by atoms with E-state index in [1.165, 1.54) is 14.0 Å². The molecule has 3 heterocycles. The second-order valence-corrected chi connectivity index (χ2v) is 14.0. The molecule has 1 amide bonds. The second kappa shape index (κ2) is 8.25. The van der Waals surface area contributed by atoms with Gasteiger partial charge >= 0.3 is 0 Å². The van der Waals surface area contributed by atoms with Gasteiger partial charge in [-0.2, -0.15) is 9.97 Å². The summed E-state index contributed by atoms with van der Waals surface area (Å²) in [5, 5.41) is 14.0. The molecule has 1 saturated heterocycles. The van der Waals surface area contributed by atoms with E-state index in [1.807, 2.05) is 16.8 Å². The topological polar surface area (TPSA) is 108 Å². The molecule has 0 saturated carbocycles. The third kappa shape index (κ3) is 4.51. The second-order valence-electron chi connectivity index (χ2n) is 9.20. The molecule has 0 unspecified atom stereocenters. The Balaban J connectivity index is 1.82. The highest BCUT2D eigenvalue weighted by molar-refractivity contribution is 6.74. The van der Waals surface area contributed by atoms with Gasteiger partial charge < -0.3 is 23.6 Å². The van der Waals surface area contributed by atoms with E-state index in [-0.39, 0.29) is 16.9 Å². The lowest BCUT2D eigenvalue weighted by Crippen LogP contribution is -2.43. The fourth-order valence-electron chi connectivity index (χ4n) is 3.15. The molecule has 9 nitrogen and oxygen atoms in total. The summed E-state index contributed by atoms with van der Waals surface area (Å²) in [6.07, 6.45) is 0.775. The van der Waals surface area contributed by atoms with Crippen molar-refractivity contribution < 1.29 is 23.8 Å². The standard InChI is InChI=1S/C20H32N4O5Si/c1-12(25)21-19-22-17-13(18(23-19)27-5)8-9-24(17)16-10-14(26)15(29-16)11-28-30(6,7)20(2,3)4/h8-9,14-16,26H,10-11H2,1-7H3,(H,21,22,23,25)/t14-,15-,16-/m0/s1. The van der Waals surface area contributed by atoms with Crippen molar-refractivity contribution in [2.45, 2.75) is 70.7 Å². The number of amides is 1. The molecule has 0 spiro atoms. The highest BCUT2D eigenvalue weighted by Crippen LogP contribution is 2.38. The van der Waals surface area contributed by atoms with Crippen molar-refractivity contribution in [3.8, 4) is 5.88 Å². The van der Waals surface area contributed by atoms with Crippen LogP contribution in [0.1, 0.15) is 40.3 Å². The number of nitrogens with zero attached hydrogens (tertiary/aromatic N) is 3. The number of carbonyl (C=O) groups is 1. The van der Waals surface area contributed by atoms with Crippen molar-refractivity contribution in [3.05, 3.63) is 12.3 Å². The molecule has 2 N–H and O–H groups in total. The molecule has 2 aromatic heterocycles. The molecule has 0 radical (unpaired) electrons. The van der Waals surface area contributed by atoms with Gasteiger partial charge in [0.25, 0.3) is 0 Å². The van der Waals surface area contributed by atoms with Gasteiger partial charge in [-0.05, 0) is 24.2 Å². The molecule has 3 rings (SSSR count). The summed E-state index contributed by atoms with van der Waals surface area (Å²) in [7, 11) is -0.430. The quantitative estimate of drug-likeness (QED) is 0.670. The molecule has 1 aliphatic heterocycles. The maximum Gasteiger partial charge on any atom is 0.234 e. The third-order valence-electron chi connectivity index (χ3n) is 5.95. The number of carbonyl (C=O) groups excluding carboxylic acids is 1. The lowest BCUT2D eigenvalue weighted by molar-refractivity contribution is -0.114. The SMILES string of the molecule is COc1nc(NC(C)=O)nc2c1ccn2[C@@H]1C[C@H](O)[C@H](CO[Si](C)(C)C(C)(C)C)O1. The molecule has 1 aliphatic rings. The molecule has 1 fully saturated rings. The van der Waals surface area contributed by atoms with Crippen LogP contribution in [0.2, 0.25) is 18.1 Å². The summed E-state index contributed by atoms with van der Waals surface area (Å²) in [5.74, 6) is 0.243. The Kier molecular flexibility index (Phi) is 6.24. The van der Waals surface area contributed by atoms with E-state index in [1.54, 1.807) is 0 Å². The summed E-state index contributed by atoms with van der Waals surface area (Å²) in [5.41, 5.74) is 0.564. The van der Waals surface area contributed by atoms with E-state index in [2.05, 4.69) is 49.1 Å². The van der Waals surface area contributed by atoms with Gasteiger partial charge in [0.05, 0.1) is 25.2 Å². The van der Waals surface area contributed by atoms with E-state index >= 15 is 0 Å². The minimum absolute atomic E-state index is 0.0835. The predicted molar refractivity (Wildman–Crippen MR) is 116 cm³/mol. The minimum Gasteiger partial charge on any atom is -0.480 e. The average Bonchev–Trinajstić information content (AvgIpc) is 3.21. The Hall–Kier alpha value is -2.01. The third-order valence-corrected chi connectivity index (χ3v) is 10.4. The van der Waals surface area contributed by atoms with Crippen LogP contribution in [-0.2, 0) is 14.0 Å². The minimum atomic E-state index is -1.94. The number of fused-ring (bicyclic) bond motifs is 1. The Morgan fingerprint density at radius 1 is 1.40 bits per heavy atom. The van der Waals surface area contributed by atoms with Crippen molar-refractivity contribution >= 4 is 31.2 Å². The van der Waals surface area contributed by atoms with Crippen molar-refractivity contribution in [1.29, 1.82) is 0 Å². The number of rotatable bonds is 6. The Morgan fingerprint density at radius 2 is 2.10 bits per heavy atom.